The van der Waals surface area contributed by atoms with E-state index in [-0.39, 0.29) is 0 Å². The molecule has 0 unspecified atom stereocenters. The van der Waals surface area contributed by atoms with E-state index in [9.17, 15) is 0 Å². The highest BCUT2D eigenvalue weighted by atomic mass is 32.1. The monoisotopic (exact) mass is 126 g/mol. The first-order chi connectivity index (χ1) is 3.93. The maximum Gasteiger partial charge on any atom is 0.0637 e. The molecule has 0 bridgehead atoms. The number of thiophene rings is 1. The summed E-state index contributed by atoms with van der Waals surface area (Å²) in [6, 6.07) is 3.92. The number of hydrogen-bond donors (Lipinski definition) is 1. The molecule has 1 heterocycles. The van der Waals surface area contributed by atoms with Gasteiger partial charge in [-0.15, -0.1) is 11.3 Å². The summed E-state index contributed by atoms with van der Waals surface area (Å²) in [4.78, 5) is 1.09. The summed E-state index contributed by atoms with van der Waals surface area (Å²) in [6.45, 7) is 0. The summed E-state index contributed by atoms with van der Waals surface area (Å²) < 4.78 is 0. The van der Waals surface area contributed by atoms with Crippen LogP contribution in [0.15, 0.2) is 22.6 Å². The molecule has 0 amide bonds. The van der Waals surface area contributed by atoms with E-state index in [1.54, 1.807) is 17.6 Å². The minimum Gasteiger partial charge on any atom is -0.323 e. The van der Waals surface area contributed by atoms with Crippen molar-refractivity contribution in [3.05, 3.63) is 22.4 Å². The molecule has 1 rings (SSSR count). The lowest BCUT2D eigenvalue weighted by Gasteiger charge is -1.74. The van der Waals surface area contributed by atoms with E-state index in [0.29, 0.717) is 0 Å². The molecule has 0 aromatic carbocycles. The molecule has 0 radical (unpaired) electrons. The van der Waals surface area contributed by atoms with Crippen LogP contribution < -0.4 is 5.84 Å². The van der Waals surface area contributed by atoms with Crippen LogP contribution in [0.2, 0.25) is 0 Å². The summed E-state index contributed by atoms with van der Waals surface area (Å²) in [7, 11) is 0. The van der Waals surface area contributed by atoms with Gasteiger partial charge in [0.2, 0.25) is 0 Å². The zero-order valence-electron chi connectivity index (χ0n) is 4.24. The van der Waals surface area contributed by atoms with Crippen molar-refractivity contribution in [1.29, 1.82) is 0 Å². The summed E-state index contributed by atoms with van der Waals surface area (Å²) in [5.74, 6) is 4.90. The highest BCUT2D eigenvalue weighted by Gasteiger charge is 1.82. The molecule has 0 aliphatic rings. The lowest BCUT2D eigenvalue weighted by Crippen LogP contribution is -1.80. The predicted molar refractivity (Wildman–Crippen MR) is 36.1 cm³/mol. The Kier molecular flexibility index (Phi) is 1.64. The molecular weight excluding hydrogens is 120 g/mol. The zero-order chi connectivity index (χ0) is 5.82. The number of hydrogen-bond acceptors (Lipinski definition) is 3. The van der Waals surface area contributed by atoms with E-state index < -0.39 is 0 Å². The third-order valence-electron chi connectivity index (χ3n) is 0.745. The highest BCUT2D eigenvalue weighted by molar-refractivity contribution is 7.11. The zero-order valence-corrected chi connectivity index (χ0v) is 5.06. The molecular formula is C5H6N2S. The van der Waals surface area contributed by atoms with Crippen LogP contribution in [-0.4, -0.2) is 6.21 Å². The van der Waals surface area contributed by atoms with Crippen molar-refractivity contribution in [2.75, 3.05) is 0 Å². The lowest BCUT2D eigenvalue weighted by molar-refractivity contribution is 1.27. The van der Waals surface area contributed by atoms with Gasteiger partial charge < -0.3 is 5.84 Å². The van der Waals surface area contributed by atoms with Crippen molar-refractivity contribution in [2.24, 2.45) is 10.9 Å². The van der Waals surface area contributed by atoms with Gasteiger partial charge in [-0.05, 0) is 11.4 Å². The standard InChI is InChI=1S/C5H6N2S/c6-7-4-5-2-1-3-8-5/h1-4H,6H2. The van der Waals surface area contributed by atoms with Crippen molar-refractivity contribution in [3.8, 4) is 0 Å². The van der Waals surface area contributed by atoms with E-state index in [0.717, 1.165) is 4.88 Å². The predicted octanol–water partition coefficient (Wildman–Crippen LogP) is 1.04. The Hall–Kier alpha value is -0.830. The Balaban J connectivity index is 2.77. The van der Waals surface area contributed by atoms with Crippen LogP contribution in [0.4, 0.5) is 0 Å². The van der Waals surface area contributed by atoms with Gasteiger partial charge in [-0.25, -0.2) is 0 Å². The highest BCUT2D eigenvalue weighted by Crippen LogP contribution is 2.03. The fraction of sp³-hybridized carbons (Fsp3) is 0. The molecule has 0 saturated carbocycles. The molecule has 0 aliphatic carbocycles. The van der Waals surface area contributed by atoms with E-state index in [4.69, 9.17) is 5.84 Å². The fourth-order valence-corrected chi connectivity index (χ4v) is 1.03. The Labute approximate surface area is 51.6 Å². The first kappa shape index (κ1) is 5.31. The largest absolute Gasteiger partial charge is 0.323 e. The second kappa shape index (κ2) is 2.47. The average molecular weight is 126 g/mol. The first-order valence-corrected chi connectivity index (χ1v) is 3.08. The van der Waals surface area contributed by atoms with Crippen molar-refractivity contribution in [1.82, 2.24) is 0 Å². The van der Waals surface area contributed by atoms with Gasteiger partial charge in [0.05, 0.1) is 6.21 Å². The quantitative estimate of drug-likeness (QED) is 0.341. The second-order valence-corrected chi connectivity index (χ2v) is 2.27. The Morgan fingerprint density at radius 3 is 3.12 bits per heavy atom. The normalized spacial score (nSPS) is 10.5. The molecule has 0 fully saturated rings. The van der Waals surface area contributed by atoms with Crippen LogP contribution in [-0.2, 0) is 0 Å². The minimum absolute atomic E-state index is 1.09. The van der Waals surface area contributed by atoms with E-state index in [1.807, 2.05) is 17.5 Å². The molecule has 0 atom stereocenters. The third kappa shape index (κ3) is 1.07. The molecule has 2 nitrogen and oxygen atoms in total. The van der Waals surface area contributed by atoms with Gasteiger partial charge >= 0.3 is 0 Å². The molecule has 8 heavy (non-hydrogen) atoms. The van der Waals surface area contributed by atoms with Crippen molar-refractivity contribution in [2.45, 2.75) is 0 Å². The van der Waals surface area contributed by atoms with Gasteiger partial charge in [-0.3, -0.25) is 0 Å². The van der Waals surface area contributed by atoms with Gasteiger partial charge in [0, 0.05) is 4.88 Å². The van der Waals surface area contributed by atoms with Gasteiger partial charge in [0.15, 0.2) is 0 Å². The van der Waals surface area contributed by atoms with Gasteiger partial charge in [-0.2, -0.15) is 5.10 Å². The average Bonchev–Trinajstić information content (AvgIpc) is 2.19. The van der Waals surface area contributed by atoms with Crippen molar-refractivity contribution in [3.63, 3.8) is 0 Å². The molecule has 1 aromatic heterocycles. The lowest BCUT2D eigenvalue weighted by atomic mass is 10.5. The summed E-state index contributed by atoms with van der Waals surface area (Å²) >= 11 is 1.62. The van der Waals surface area contributed by atoms with Gasteiger partial charge in [0.25, 0.3) is 0 Å². The maximum atomic E-state index is 4.90. The van der Waals surface area contributed by atoms with E-state index in [2.05, 4.69) is 5.10 Å². The maximum absolute atomic E-state index is 4.90. The van der Waals surface area contributed by atoms with Crippen LogP contribution in [0.3, 0.4) is 0 Å². The van der Waals surface area contributed by atoms with Crippen LogP contribution in [0.1, 0.15) is 4.88 Å². The van der Waals surface area contributed by atoms with E-state index in [1.165, 1.54) is 0 Å². The Morgan fingerprint density at radius 1 is 1.75 bits per heavy atom. The number of hydrazone groups is 1. The number of nitrogens with zero attached hydrogens (tertiary/aromatic N) is 1. The summed E-state index contributed by atoms with van der Waals surface area (Å²) in [5, 5.41) is 5.35. The Morgan fingerprint density at radius 2 is 2.62 bits per heavy atom. The van der Waals surface area contributed by atoms with Crippen LogP contribution in [0, 0.1) is 0 Å². The first-order valence-electron chi connectivity index (χ1n) is 2.20. The third-order valence-corrected chi connectivity index (χ3v) is 1.55. The van der Waals surface area contributed by atoms with Crippen molar-refractivity contribution >= 4 is 17.6 Å². The summed E-state index contributed by atoms with van der Waals surface area (Å²) in [5.41, 5.74) is 0. The summed E-state index contributed by atoms with van der Waals surface area (Å²) in [6.07, 6.45) is 1.63. The SMILES string of the molecule is NN=Cc1cccs1. The molecule has 2 N–H and O–H groups in total. The van der Waals surface area contributed by atoms with E-state index >= 15 is 0 Å². The van der Waals surface area contributed by atoms with Crippen LogP contribution in [0.5, 0.6) is 0 Å². The Bertz CT molecular complexity index is 167. The molecule has 0 spiro atoms. The van der Waals surface area contributed by atoms with Gasteiger partial charge in [0.1, 0.15) is 0 Å². The van der Waals surface area contributed by atoms with Gasteiger partial charge in [-0.1, -0.05) is 6.07 Å². The number of rotatable bonds is 1. The number of nitrogens with two attached hydrogens (primary N) is 1. The fourth-order valence-electron chi connectivity index (χ4n) is 0.438. The molecule has 42 valence electrons. The molecule has 1 aromatic rings. The topological polar surface area (TPSA) is 38.4 Å². The van der Waals surface area contributed by atoms with Crippen LogP contribution in [0.25, 0.3) is 0 Å². The molecule has 0 aliphatic heterocycles. The van der Waals surface area contributed by atoms with Crippen LogP contribution >= 0.6 is 11.3 Å². The minimum atomic E-state index is 1.09. The molecule has 3 heteroatoms. The molecule has 0 saturated heterocycles. The van der Waals surface area contributed by atoms with Crippen molar-refractivity contribution < 1.29 is 0 Å². The smallest absolute Gasteiger partial charge is 0.0637 e. The second-order valence-electron chi connectivity index (χ2n) is 1.29.